The molecule has 140 valence electrons. The highest BCUT2D eigenvalue weighted by Crippen LogP contribution is 2.21. The Morgan fingerprint density at radius 2 is 1.54 bits per heavy atom. The van der Waals surface area contributed by atoms with Crippen molar-refractivity contribution >= 4 is 35.6 Å². The second kappa shape index (κ2) is 9.11. The van der Waals surface area contributed by atoms with Crippen LogP contribution >= 0.6 is 11.6 Å². The SMILES string of the molecule is Cc1cccc(N=Cc2ccc(C=NNC(=O)c3ccc(Cl)cc3)cc2)c1C. The molecule has 0 saturated carbocycles. The second-order valence-electron chi connectivity index (χ2n) is 6.35. The Morgan fingerprint density at radius 3 is 2.21 bits per heavy atom. The first-order valence-corrected chi connectivity index (χ1v) is 9.20. The lowest BCUT2D eigenvalue weighted by molar-refractivity contribution is 0.0955. The van der Waals surface area contributed by atoms with E-state index in [-0.39, 0.29) is 5.91 Å². The number of amides is 1. The number of benzene rings is 3. The van der Waals surface area contributed by atoms with Gasteiger partial charge < -0.3 is 0 Å². The van der Waals surface area contributed by atoms with Gasteiger partial charge in [0, 0.05) is 16.8 Å². The lowest BCUT2D eigenvalue weighted by atomic mass is 10.1. The highest BCUT2D eigenvalue weighted by atomic mass is 35.5. The van der Waals surface area contributed by atoms with Crippen LogP contribution in [0.5, 0.6) is 0 Å². The van der Waals surface area contributed by atoms with E-state index in [1.807, 2.05) is 42.6 Å². The van der Waals surface area contributed by atoms with Crippen LogP contribution < -0.4 is 5.43 Å². The summed E-state index contributed by atoms with van der Waals surface area (Å²) in [6.07, 6.45) is 3.43. The fourth-order valence-corrected chi connectivity index (χ4v) is 2.64. The molecule has 3 aromatic rings. The third kappa shape index (κ3) is 5.15. The van der Waals surface area contributed by atoms with E-state index in [1.165, 1.54) is 11.1 Å². The lowest BCUT2D eigenvalue weighted by Gasteiger charge is -2.03. The summed E-state index contributed by atoms with van der Waals surface area (Å²) >= 11 is 5.81. The lowest BCUT2D eigenvalue weighted by Crippen LogP contribution is -2.17. The minimum atomic E-state index is -0.287. The van der Waals surface area contributed by atoms with Crippen LogP contribution in [-0.4, -0.2) is 18.3 Å². The van der Waals surface area contributed by atoms with Gasteiger partial charge in [-0.2, -0.15) is 5.10 Å². The number of carbonyl (C=O) groups is 1. The third-order valence-electron chi connectivity index (χ3n) is 4.35. The molecule has 3 rings (SSSR count). The van der Waals surface area contributed by atoms with Gasteiger partial charge >= 0.3 is 0 Å². The van der Waals surface area contributed by atoms with E-state index in [1.54, 1.807) is 30.5 Å². The Morgan fingerprint density at radius 1 is 0.893 bits per heavy atom. The number of hydrogen-bond acceptors (Lipinski definition) is 3. The van der Waals surface area contributed by atoms with Crippen molar-refractivity contribution in [2.24, 2.45) is 10.1 Å². The smallest absolute Gasteiger partial charge is 0.267 e. The maximum Gasteiger partial charge on any atom is 0.271 e. The molecule has 5 heteroatoms. The Kier molecular flexibility index (Phi) is 6.35. The average Bonchev–Trinajstić information content (AvgIpc) is 2.70. The average molecular weight is 390 g/mol. The van der Waals surface area contributed by atoms with Crippen LogP contribution in [0, 0.1) is 13.8 Å². The normalized spacial score (nSPS) is 11.2. The van der Waals surface area contributed by atoms with Crippen molar-refractivity contribution in [3.05, 3.63) is 99.6 Å². The zero-order chi connectivity index (χ0) is 19.9. The molecule has 1 N–H and O–H groups in total. The molecule has 0 spiro atoms. The second-order valence-corrected chi connectivity index (χ2v) is 6.79. The molecule has 0 aliphatic heterocycles. The molecule has 28 heavy (non-hydrogen) atoms. The summed E-state index contributed by atoms with van der Waals surface area (Å²) in [4.78, 5) is 16.6. The van der Waals surface area contributed by atoms with E-state index in [2.05, 4.69) is 35.4 Å². The molecule has 0 aliphatic rings. The van der Waals surface area contributed by atoms with Gasteiger partial charge in [-0.25, -0.2) is 5.43 Å². The molecule has 4 nitrogen and oxygen atoms in total. The van der Waals surface area contributed by atoms with Crippen molar-refractivity contribution in [1.29, 1.82) is 0 Å². The molecule has 1 amide bonds. The van der Waals surface area contributed by atoms with E-state index >= 15 is 0 Å². The summed E-state index contributed by atoms with van der Waals surface area (Å²) in [7, 11) is 0. The number of hydrogen-bond donors (Lipinski definition) is 1. The van der Waals surface area contributed by atoms with Crippen molar-refractivity contribution in [2.75, 3.05) is 0 Å². The van der Waals surface area contributed by atoms with Gasteiger partial charge in [-0.1, -0.05) is 48.0 Å². The van der Waals surface area contributed by atoms with Gasteiger partial charge in [0.15, 0.2) is 0 Å². The molecule has 0 saturated heterocycles. The van der Waals surface area contributed by atoms with Crippen molar-refractivity contribution in [1.82, 2.24) is 5.43 Å². The zero-order valence-corrected chi connectivity index (χ0v) is 16.4. The molecule has 0 aliphatic carbocycles. The standard InChI is InChI=1S/C23H20ClN3O/c1-16-4-3-5-22(17(16)2)25-14-18-6-8-19(9-7-18)15-26-27-23(28)20-10-12-21(24)13-11-20/h3-15H,1-2H3,(H,27,28). The molecule has 0 atom stereocenters. The third-order valence-corrected chi connectivity index (χ3v) is 4.60. The van der Waals surface area contributed by atoms with E-state index in [0.717, 1.165) is 16.8 Å². The molecule has 0 aromatic heterocycles. The minimum Gasteiger partial charge on any atom is -0.267 e. The van der Waals surface area contributed by atoms with Crippen molar-refractivity contribution in [3.63, 3.8) is 0 Å². The van der Waals surface area contributed by atoms with Crippen LogP contribution in [0.25, 0.3) is 0 Å². The van der Waals surface area contributed by atoms with Crippen LogP contribution in [0.1, 0.15) is 32.6 Å². The van der Waals surface area contributed by atoms with Crippen LogP contribution in [0.4, 0.5) is 5.69 Å². The van der Waals surface area contributed by atoms with Crippen molar-refractivity contribution in [3.8, 4) is 0 Å². The number of aryl methyl sites for hydroxylation is 1. The quantitative estimate of drug-likeness (QED) is 0.456. The monoisotopic (exact) mass is 389 g/mol. The van der Waals surface area contributed by atoms with Crippen LogP contribution in [0.15, 0.2) is 76.8 Å². The van der Waals surface area contributed by atoms with E-state index in [4.69, 9.17) is 11.6 Å². The summed E-state index contributed by atoms with van der Waals surface area (Å²) in [6, 6.07) is 20.5. The van der Waals surface area contributed by atoms with E-state index in [9.17, 15) is 4.79 Å². The van der Waals surface area contributed by atoms with Gasteiger partial charge in [0.1, 0.15) is 0 Å². The largest absolute Gasteiger partial charge is 0.271 e. The Labute approximate surface area is 169 Å². The molecule has 0 heterocycles. The number of carbonyl (C=O) groups excluding carboxylic acids is 1. The van der Waals surface area contributed by atoms with E-state index < -0.39 is 0 Å². The maximum atomic E-state index is 12.0. The number of nitrogens with zero attached hydrogens (tertiary/aromatic N) is 2. The molecule has 0 fully saturated rings. The van der Waals surface area contributed by atoms with Crippen LogP contribution in [0.3, 0.4) is 0 Å². The van der Waals surface area contributed by atoms with Crippen LogP contribution in [0.2, 0.25) is 5.02 Å². The highest BCUT2D eigenvalue weighted by Gasteiger charge is 2.03. The number of hydrazone groups is 1. The van der Waals surface area contributed by atoms with E-state index in [0.29, 0.717) is 10.6 Å². The first-order valence-electron chi connectivity index (χ1n) is 8.82. The molecule has 0 unspecified atom stereocenters. The maximum absolute atomic E-state index is 12.0. The highest BCUT2D eigenvalue weighted by molar-refractivity contribution is 6.30. The van der Waals surface area contributed by atoms with Gasteiger partial charge in [-0.3, -0.25) is 9.79 Å². The van der Waals surface area contributed by atoms with Gasteiger partial charge in [-0.15, -0.1) is 0 Å². The molecular weight excluding hydrogens is 370 g/mol. The Hall–Kier alpha value is -3.24. The topological polar surface area (TPSA) is 53.8 Å². The molecule has 3 aromatic carbocycles. The van der Waals surface area contributed by atoms with Crippen LogP contribution in [-0.2, 0) is 0 Å². The summed E-state index contributed by atoms with van der Waals surface area (Å²) in [5.41, 5.74) is 8.24. The number of rotatable bonds is 5. The van der Waals surface area contributed by atoms with Crippen molar-refractivity contribution < 1.29 is 4.79 Å². The van der Waals surface area contributed by atoms with Gasteiger partial charge in [0.2, 0.25) is 0 Å². The number of halogens is 1. The fourth-order valence-electron chi connectivity index (χ4n) is 2.52. The first kappa shape index (κ1) is 19.5. The fraction of sp³-hybridized carbons (Fsp3) is 0.0870. The Bertz CT molecular complexity index is 1020. The molecule has 0 bridgehead atoms. The molecule has 0 radical (unpaired) electrons. The van der Waals surface area contributed by atoms with Crippen molar-refractivity contribution in [2.45, 2.75) is 13.8 Å². The Balaban J connectivity index is 1.60. The molecular formula is C23H20ClN3O. The predicted octanol–water partition coefficient (Wildman–Crippen LogP) is 5.47. The van der Waals surface area contributed by atoms with Gasteiger partial charge in [0.25, 0.3) is 5.91 Å². The predicted molar refractivity (Wildman–Crippen MR) is 116 cm³/mol. The number of nitrogens with one attached hydrogen (secondary N) is 1. The minimum absolute atomic E-state index is 0.287. The zero-order valence-electron chi connectivity index (χ0n) is 15.7. The summed E-state index contributed by atoms with van der Waals surface area (Å²) in [5, 5.41) is 4.58. The first-order chi connectivity index (χ1) is 13.5. The summed E-state index contributed by atoms with van der Waals surface area (Å²) in [6.45, 7) is 4.15. The summed E-state index contributed by atoms with van der Waals surface area (Å²) in [5.74, 6) is -0.287. The summed E-state index contributed by atoms with van der Waals surface area (Å²) < 4.78 is 0. The number of aliphatic imine (C=N–C) groups is 1. The van der Waals surface area contributed by atoms with Gasteiger partial charge in [-0.05, 0) is 66.4 Å². The van der Waals surface area contributed by atoms with Gasteiger partial charge in [0.05, 0.1) is 11.9 Å².